The van der Waals surface area contributed by atoms with Gasteiger partial charge in [0.2, 0.25) is 5.91 Å². The van der Waals surface area contributed by atoms with Gasteiger partial charge in [-0.15, -0.1) is 0 Å². The molecule has 1 saturated carbocycles. The molecule has 3 heterocycles. The number of nitrogens with zero attached hydrogens (tertiary/aromatic N) is 4. The number of carbonyl (C=O) groups excluding carboxylic acids is 1. The van der Waals surface area contributed by atoms with Crippen molar-refractivity contribution in [3.63, 3.8) is 0 Å². The first-order valence-electron chi connectivity index (χ1n) is 9.40. The number of hydrogen-bond acceptors (Lipinski definition) is 4. The van der Waals surface area contributed by atoms with E-state index in [1.54, 1.807) is 12.4 Å². The maximum atomic E-state index is 12.5. The molecule has 0 atom stereocenters. The van der Waals surface area contributed by atoms with Gasteiger partial charge in [-0.2, -0.15) is 5.10 Å². The van der Waals surface area contributed by atoms with Crippen molar-refractivity contribution < 1.29 is 4.79 Å². The van der Waals surface area contributed by atoms with E-state index in [0.29, 0.717) is 17.7 Å². The number of pyridine rings is 1. The number of aromatic amines is 1. The Morgan fingerprint density at radius 3 is 2.56 bits per heavy atom. The van der Waals surface area contributed by atoms with Gasteiger partial charge < -0.3 is 4.90 Å². The number of nitrogens with one attached hydrogen (secondary N) is 1. The third-order valence-corrected chi connectivity index (χ3v) is 5.58. The quantitative estimate of drug-likeness (QED) is 0.929. The van der Waals surface area contributed by atoms with Gasteiger partial charge in [0.15, 0.2) is 5.82 Å². The molecule has 1 N–H and O–H groups in total. The zero-order chi connectivity index (χ0) is 17.1. The van der Waals surface area contributed by atoms with E-state index < -0.39 is 0 Å². The van der Waals surface area contributed by atoms with E-state index in [4.69, 9.17) is 0 Å². The third-order valence-electron chi connectivity index (χ3n) is 5.58. The lowest BCUT2D eigenvalue weighted by atomic mass is 9.92. The number of rotatable bonds is 4. The van der Waals surface area contributed by atoms with Crippen LogP contribution in [0.1, 0.15) is 44.3 Å². The topological polar surface area (TPSA) is 74.8 Å². The van der Waals surface area contributed by atoms with Crippen LogP contribution in [0, 0.1) is 11.8 Å². The van der Waals surface area contributed by atoms with Crippen LogP contribution in [0.25, 0.3) is 11.4 Å². The monoisotopic (exact) mass is 339 g/mol. The number of carbonyl (C=O) groups is 1. The van der Waals surface area contributed by atoms with Crippen LogP contribution < -0.4 is 0 Å². The first kappa shape index (κ1) is 16.2. The van der Waals surface area contributed by atoms with E-state index in [1.165, 1.54) is 12.8 Å². The zero-order valence-corrected chi connectivity index (χ0v) is 14.5. The molecule has 2 aliphatic rings. The Morgan fingerprint density at radius 1 is 1.12 bits per heavy atom. The summed E-state index contributed by atoms with van der Waals surface area (Å²) < 4.78 is 0. The van der Waals surface area contributed by atoms with Crippen molar-refractivity contribution in [3.05, 3.63) is 30.4 Å². The van der Waals surface area contributed by atoms with Crippen molar-refractivity contribution in [3.8, 4) is 11.4 Å². The minimum Gasteiger partial charge on any atom is -0.342 e. The molecule has 1 saturated heterocycles. The van der Waals surface area contributed by atoms with Crippen LogP contribution in [0.15, 0.2) is 24.5 Å². The second-order valence-corrected chi connectivity index (χ2v) is 7.30. The first-order valence-corrected chi connectivity index (χ1v) is 9.40. The molecule has 2 fully saturated rings. The second kappa shape index (κ2) is 7.33. The van der Waals surface area contributed by atoms with Crippen LogP contribution >= 0.6 is 0 Å². The zero-order valence-electron chi connectivity index (χ0n) is 14.5. The number of hydrogen-bond donors (Lipinski definition) is 1. The summed E-state index contributed by atoms with van der Waals surface area (Å²) in [4.78, 5) is 23.3. The van der Waals surface area contributed by atoms with Crippen LogP contribution in [-0.2, 0) is 11.2 Å². The summed E-state index contributed by atoms with van der Waals surface area (Å²) in [5.41, 5.74) is 0.981. The molecule has 132 valence electrons. The minimum absolute atomic E-state index is 0.300. The van der Waals surface area contributed by atoms with Crippen molar-refractivity contribution in [2.75, 3.05) is 13.1 Å². The lowest BCUT2D eigenvalue weighted by Gasteiger charge is -2.33. The van der Waals surface area contributed by atoms with Gasteiger partial charge in [-0.05, 0) is 43.7 Å². The number of piperidine rings is 1. The SMILES string of the molecule is O=C(C1CCCC1)N1CCC(Cc2nc(-c3ccncc3)n[nH]2)CC1. The minimum atomic E-state index is 0.300. The fraction of sp³-hybridized carbons (Fsp3) is 0.579. The Bertz CT molecular complexity index is 700. The van der Waals surface area contributed by atoms with Crippen molar-refractivity contribution in [1.82, 2.24) is 25.1 Å². The second-order valence-electron chi connectivity index (χ2n) is 7.30. The van der Waals surface area contributed by atoms with Gasteiger partial charge >= 0.3 is 0 Å². The van der Waals surface area contributed by atoms with Crippen LogP contribution in [0.4, 0.5) is 0 Å². The highest BCUT2D eigenvalue weighted by atomic mass is 16.2. The molecule has 1 amide bonds. The molecule has 0 unspecified atom stereocenters. The average molecular weight is 339 g/mol. The van der Waals surface area contributed by atoms with E-state index >= 15 is 0 Å². The van der Waals surface area contributed by atoms with Crippen molar-refractivity contribution in [2.24, 2.45) is 11.8 Å². The molecule has 0 bridgehead atoms. The number of H-pyrrole nitrogens is 1. The Hall–Kier alpha value is -2.24. The van der Waals surface area contributed by atoms with Gasteiger partial charge in [0.25, 0.3) is 0 Å². The Labute approximate surface area is 148 Å². The van der Waals surface area contributed by atoms with Gasteiger partial charge in [0, 0.05) is 43.4 Å². The highest BCUT2D eigenvalue weighted by Gasteiger charge is 2.30. The maximum absolute atomic E-state index is 12.5. The van der Waals surface area contributed by atoms with E-state index in [9.17, 15) is 4.79 Å². The molecule has 1 aliphatic carbocycles. The summed E-state index contributed by atoms with van der Waals surface area (Å²) in [5, 5.41) is 7.39. The molecule has 25 heavy (non-hydrogen) atoms. The Kier molecular flexibility index (Phi) is 4.76. The van der Waals surface area contributed by atoms with Crippen LogP contribution in [0.5, 0.6) is 0 Å². The van der Waals surface area contributed by atoms with Gasteiger partial charge in [-0.1, -0.05) is 12.8 Å². The summed E-state index contributed by atoms with van der Waals surface area (Å²) in [6.45, 7) is 1.79. The van der Waals surface area contributed by atoms with Crippen molar-refractivity contribution >= 4 is 5.91 Å². The van der Waals surface area contributed by atoms with E-state index in [-0.39, 0.29) is 0 Å². The Balaban J connectivity index is 1.30. The number of aromatic nitrogens is 4. The lowest BCUT2D eigenvalue weighted by Crippen LogP contribution is -2.41. The van der Waals surface area contributed by atoms with Crippen LogP contribution in [0.2, 0.25) is 0 Å². The van der Waals surface area contributed by atoms with Gasteiger partial charge in [-0.3, -0.25) is 14.9 Å². The first-order chi connectivity index (χ1) is 12.3. The normalized spacial score (nSPS) is 19.4. The van der Waals surface area contributed by atoms with Gasteiger partial charge in [-0.25, -0.2) is 4.98 Å². The lowest BCUT2D eigenvalue weighted by molar-refractivity contribution is -0.136. The molecule has 4 rings (SSSR count). The molecule has 2 aromatic heterocycles. The Morgan fingerprint density at radius 2 is 1.84 bits per heavy atom. The van der Waals surface area contributed by atoms with Gasteiger partial charge in [0.05, 0.1) is 0 Å². The predicted octanol–water partition coefficient (Wildman–Crippen LogP) is 2.84. The van der Waals surface area contributed by atoms with Crippen molar-refractivity contribution in [1.29, 1.82) is 0 Å². The van der Waals surface area contributed by atoms with Crippen molar-refractivity contribution in [2.45, 2.75) is 44.9 Å². The molecule has 1 aliphatic heterocycles. The van der Waals surface area contributed by atoms with Crippen LogP contribution in [-0.4, -0.2) is 44.1 Å². The summed E-state index contributed by atoms with van der Waals surface area (Å²) in [6, 6.07) is 3.83. The highest BCUT2D eigenvalue weighted by molar-refractivity contribution is 5.79. The van der Waals surface area contributed by atoms with E-state index in [2.05, 4.69) is 25.1 Å². The fourth-order valence-electron chi connectivity index (χ4n) is 4.08. The molecule has 6 heteroatoms. The molecule has 6 nitrogen and oxygen atoms in total. The third kappa shape index (κ3) is 3.72. The smallest absolute Gasteiger partial charge is 0.225 e. The summed E-state index contributed by atoms with van der Waals surface area (Å²) in [7, 11) is 0. The number of likely N-dealkylation sites (tertiary alicyclic amines) is 1. The standard InChI is InChI=1S/C19H25N5O/c25-19(16-3-1-2-4-16)24-11-7-14(8-12-24)13-17-21-18(23-22-17)15-5-9-20-10-6-15/h5-6,9-10,14,16H,1-4,7-8,11-13H2,(H,21,22,23). The summed E-state index contributed by atoms with van der Waals surface area (Å²) in [5.74, 6) is 2.94. The maximum Gasteiger partial charge on any atom is 0.225 e. The molecule has 2 aromatic rings. The molecular weight excluding hydrogens is 314 g/mol. The molecule has 0 radical (unpaired) electrons. The fourth-order valence-corrected chi connectivity index (χ4v) is 4.08. The summed E-state index contributed by atoms with van der Waals surface area (Å²) in [6.07, 6.45) is 11.2. The summed E-state index contributed by atoms with van der Waals surface area (Å²) >= 11 is 0. The highest BCUT2D eigenvalue weighted by Crippen LogP contribution is 2.29. The molecule has 0 spiro atoms. The van der Waals surface area contributed by atoms with E-state index in [1.807, 2.05) is 12.1 Å². The molecule has 0 aromatic carbocycles. The molecular formula is C19H25N5O. The largest absolute Gasteiger partial charge is 0.342 e. The average Bonchev–Trinajstić information content (AvgIpc) is 3.35. The predicted molar refractivity (Wildman–Crippen MR) is 94.6 cm³/mol. The van der Waals surface area contributed by atoms with E-state index in [0.717, 1.165) is 62.4 Å². The number of amides is 1. The van der Waals surface area contributed by atoms with Crippen LogP contribution in [0.3, 0.4) is 0 Å². The van der Waals surface area contributed by atoms with Gasteiger partial charge in [0.1, 0.15) is 5.82 Å².